The molecule has 100 valence electrons. The molecule has 0 aliphatic carbocycles. The first kappa shape index (κ1) is 14.5. The van der Waals surface area contributed by atoms with Gasteiger partial charge in [-0.15, -0.1) is 0 Å². The third kappa shape index (κ3) is 3.79. The zero-order valence-electron chi connectivity index (χ0n) is 9.81. The molecule has 0 aromatic heterocycles. The van der Waals surface area contributed by atoms with Gasteiger partial charge >= 0.3 is 0 Å². The second kappa shape index (κ2) is 6.05. The molecule has 6 heteroatoms. The molecule has 0 saturated heterocycles. The van der Waals surface area contributed by atoms with E-state index in [4.69, 9.17) is 11.6 Å². The number of benzene rings is 2. The Labute approximate surface area is 125 Å². The molecule has 0 saturated carbocycles. The number of hydrogen-bond donors (Lipinski definition) is 1. The van der Waals surface area contributed by atoms with Crippen LogP contribution < -0.4 is 4.72 Å². The van der Waals surface area contributed by atoms with Crippen molar-refractivity contribution in [3.63, 3.8) is 0 Å². The standard InChI is InChI=1S/C13H11BrClNO2S/c14-11-7-5-10(6-8-11)9-16-19(17,18)13-4-2-1-3-12(13)15/h1-8,16H,9H2. The molecule has 2 aromatic rings. The van der Waals surface area contributed by atoms with E-state index < -0.39 is 10.0 Å². The second-order valence-corrected chi connectivity index (χ2v) is 6.94. The average Bonchev–Trinajstić information content (AvgIpc) is 2.38. The lowest BCUT2D eigenvalue weighted by Crippen LogP contribution is -2.23. The predicted molar refractivity (Wildman–Crippen MR) is 79.6 cm³/mol. The van der Waals surface area contributed by atoms with Crippen molar-refractivity contribution in [1.82, 2.24) is 4.72 Å². The van der Waals surface area contributed by atoms with Crippen molar-refractivity contribution in [2.45, 2.75) is 11.4 Å². The molecule has 0 fully saturated rings. The monoisotopic (exact) mass is 359 g/mol. The summed E-state index contributed by atoms with van der Waals surface area (Å²) in [5.41, 5.74) is 0.874. The Bertz CT molecular complexity index is 671. The summed E-state index contributed by atoms with van der Waals surface area (Å²) >= 11 is 9.21. The number of hydrogen-bond acceptors (Lipinski definition) is 2. The maximum atomic E-state index is 12.1. The van der Waals surface area contributed by atoms with E-state index in [2.05, 4.69) is 20.7 Å². The van der Waals surface area contributed by atoms with Crippen molar-refractivity contribution >= 4 is 37.6 Å². The lowest BCUT2D eigenvalue weighted by atomic mass is 10.2. The summed E-state index contributed by atoms with van der Waals surface area (Å²) < 4.78 is 27.7. The topological polar surface area (TPSA) is 46.2 Å². The maximum absolute atomic E-state index is 12.1. The molecule has 19 heavy (non-hydrogen) atoms. The molecule has 0 spiro atoms. The lowest BCUT2D eigenvalue weighted by molar-refractivity contribution is 0.581. The fraction of sp³-hybridized carbons (Fsp3) is 0.0769. The summed E-state index contributed by atoms with van der Waals surface area (Å²) in [5.74, 6) is 0. The molecule has 3 nitrogen and oxygen atoms in total. The van der Waals surface area contributed by atoms with Crippen LogP contribution in [0.4, 0.5) is 0 Å². The van der Waals surface area contributed by atoms with E-state index in [1.54, 1.807) is 18.2 Å². The number of sulfonamides is 1. The molecule has 1 N–H and O–H groups in total. The molecule has 0 unspecified atom stereocenters. The molecule has 0 heterocycles. The minimum atomic E-state index is -3.59. The normalized spacial score (nSPS) is 11.5. The Morgan fingerprint density at radius 1 is 1.05 bits per heavy atom. The SMILES string of the molecule is O=S(=O)(NCc1ccc(Br)cc1)c1ccccc1Cl. The van der Waals surface area contributed by atoms with Crippen molar-refractivity contribution in [3.05, 3.63) is 63.6 Å². The molecule has 0 atom stereocenters. The van der Waals surface area contributed by atoms with Crippen LogP contribution in [0.5, 0.6) is 0 Å². The van der Waals surface area contributed by atoms with E-state index in [9.17, 15) is 8.42 Å². The van der Waals surface area contributed by atoms with Gasteiger partial charge in [-0.05, 0) is 29.8 Å². The fourth-order valence-electron chi connectivity index (χ4n) is 1.52. The molecule has 0 amide bonds. The summed E-state index contributed by atoms with van der Waals surface area (Å²) in [5, 5.41) is 0.214. The van der Waals surface area contributed by atoms with Crippen LogP contribution in [-0.2, 0) is 16.6 Å². The highest BCUT2D eigenvalue weighted by Gasteiger charge is 2.16. The van der Waals surface area contributed by atoms with Gasteiger partial charge < -0.3 is 0 Å². The zero-order chi connectivity index (χ0) is 13.9. The van der Waals surface area contributed by atoms with E-state index in [0.29, 0.717) is 0 Å². The minimum Gasteiger partial charge on any atom is -0.207 e. The van der Waals surface area contributed by atoms with Crippen molar-refractivity contribution in [1.29, 1.82) is 0 Å². The van der Waals surface area contributed by atoms with Crippen LogP contribution in [0.25, 0.3) is 0 Å². The molecular weight excluding hydrogens is 350 g/mol. The number of rotatable bonds is 4. The molecule has 0 aliphatic rings. The predicted octanol–water partition coefficient (Wildman–Crippen LogP) is 3.58. The van der Waals surface area contributed by atoms with Gasteiger partial charge in [-0.25, -0.2) is 13.1 Å². The lowest BCUT2D eigenvalue weighted by Gasteiger charge is -2.08. The molecule has 0 bridgehead atoms. The van der Waals surface area contributed by atoms with Gasteiger partial charge in [-0.3, -0.25) is 0 Å². The first-order chi connectivity index (χ1) is 8.99. The highest BCUT2D eigenvalue weighted by molar-refractivity contribution is 9.10. The van der Waals surface area contributed by atoms with E-state index >= 15 is 0 Å². The van der Waals surface area contributed by atoms with Crippen LogP contribution in [0.1, 0.15) is 5.56 Å². The van der Waals surface area contributed by atoms with E-state index in [0.717, 1.165) is 10.0 Å². The third-order valence-corrected chi connectivity index (χ3v) is 4.94. The van der Waals surface area contributed by atoms with Crippen LogP contribution in [-0.4, -0.2) is 8.42 Å². The summed E-state index contributed by atoms with van der Waals surface area (Å²) in [7, 11) is -3.59. The van der Waals surface area contributed by atoms with Crippen molar-refractivity contribution in [3.8, 4) is 0 Å². The van der Waals surface area contributed by atoms with Crippen molar-refractivity contribution in [2.75, 3.05) is 0 Å². The largest absolute Gasteiger partial charge is 0.242 e. The second-order valence-electron chi connectivity index (χ2n) is 3.88. The first-order valence-corrected chi connectivity index (χ1v) is 8.13. The number of nitrogens with one attached hydrogen (secondary N) is 1. The summed E-state index contributed by atoms with van der Waals surface area (Å²) in [6, 6.07) is 13.8. The van der Waals surface area contributed by atoms with Crippen molar-refractivity contribution < 1.29 is 8.42 Å². The zero-order valence-corrected chi connectivity index (χ0v) is 13.0. The highest BCUT2D eigenvalue weighted by atomic mass is 79.9. The Balaban J connectivity index is 2.14. The van der Waals surface area contributed by atoms with Crippen molar-refractivity contribution in [2.24, 2.45) is 0 Å². The van der Waals surface area contributed by atoms with Crippen LogP contribution in [0, 0.1) is 0 Å². The quantitative estimate of drug-likeness (QED) is 0.906. The van der Waals surface area contributed by atoms with Gasteiger partial charge in [0.15, 0.2) is 0 Å². The van der Waals surface area contributed by atoms with Crippen LogP contribution >= 0.6 is 27.5 Å². The van der Waals surface area contributed by atoms with E-state index in [1.807, 2.05) is 24.3 Å². The summed E-state index contributed by atoms with van der Waals surface area (Å²) in [6.45, 7) is 0.223. The van der Waals surface area contributed by atoms with Gasteiger partial charge in [0, 0.05) is 11.0 Å². The third-order valence-electron chi connectivity index (χ3n) is 2.51. The molecule has 0 aliphatic heterocycles. The Morgan fingerprint density at radius 2 is 1.68 bits per heavy atom. The highest BCUT2D eigenvalue weighted by Crippen LogP contribution is 2.20. The van der Waals surface area contributed by atoms with E-state index in [-0.39, 0.29) is 16.5 Å². The van der Waals surface area contributed by atoms with Gasteiger partial charge in [-0.2, -0.15) is 0 Å². The molecular formula is C13H11BrClNO2S. The van der Waals surface area contributed by atoms with Gasteiger partial charge in [0.05, 0.1) is 5.02 Å². The Kier molecular flexibility index (Phi) is 4.62. The Hall–Kier alpha value is -0.880. The minimum absolute atomic E-state index is 0.0915. The van der Waals surface area contributed by atoms with Crippen LogP contribution in [0.2, 0.25) is 5.02 Å². The molecule has 0 radical (unpaired) electrons. The Morgan fingerprint density at radius 3 is 2.32 bits per heavy atom. The van der Waals surface area contributed by atoms with Gasteiger partial charge in [-0.1, -0.05) is 51.8 Å². The maximum Gasteiger partial charge on any atom is 0.242 e. The number of halogens is 2. The smallest absolute Gasteiger partial charge is 0.207 e. The summed E-state index contributed by atoms with van der Waals surface area (Å²) in [4.78, 5) is 0.0915. The van der Waals surface area contributed by atoms with Crippen LogP contribution in [0.15, 0.2) is 57.9 Å². The molecule has 2 rings (SSSR count). The first-order valence-electron chi connectivity index (χ1n) is 5.48. The average molecular weight is 361 g/mol. The van der Waals surface area contributed by atoms with Crippen LogP contribution in [0.3, 0.4) is 0 Å². The summed E-state index contributed by atoms with van der Waals surface area (Å²) in [6.07, 6.45) is 0. The van der Waals surface area contributed by atoms with Gasteiger partial charge in [0.25, 0.3) is 0 Å². The van der Waals surface area contributed by atoms with E-state index in [1.165, 1.54) is 6.07 Å². The van der Waals surface area contributed by atoms with Gasteiger partial charge in [0.2, 0.25) is 10.0 Å². The fourth-order valence-corrected chi connectivity index (χ4v) is 3.32. The van der Waals surface area contributed by atoms with Gasteiger partial charge in [0.1, 0.15) is 4.90 Å². The molecule has 2 aromatic carbocycles.